The number of amides is 1. The van der Waals surface area contributed by atoms with Crippen molar-refractivity contribution in [2.24, 2.45) is 0 Å². The highest BCUT2D eigenvalue weighted by atomic mass is 32.2. The number of benzene rings is 1. The van der Waals surface area contributed by atoms with Crippen LogP contribution in [0.2, 0.25) is 0 Å². The molecule has 0 spiro atoms. The summed E-state index contributed by atoms with van der Waals surface area (Å²) in [7, 11) is 0. The van der Waals surface area contributed by atoms with Gasteiger partial charge in [0.2, 0.25) is 0 Å². The maximum Gasteiger partial charge on any atom is 0.293 e. The van der Waals surface area contributed by atoms with Gasteiger partial charge >= 0.3 is 0 Å². The molecule has 6 nitrogen and oxygen atoms in total. The van der Waals surface area contributed by atoms with Crippen LogP contribution < -0.4 is 11.1 Å². The number of nitro groups is 1. The normalized spacial score (nSPS) is 17.9. The number of halogens is 1. The maximum absolute atomic E-state index is 13.7. The molecule has 0 saturated carbocycles. The van der Waals surface area contributed by atoms with Crippen LogP contribution in [0.3, 0.4) is 0 Å². The van der Waals surface area contributed by atoms with Crippen molar-refractivity contribution in [3.63, 3.8) is 0 Å². The van der Waals surface area contributed by atoms with Crippen molar-refractivity contribution in [1.82, 2.24) is 5.32 Å². The van der Waals surface area contributed by atoms with Crippen LogP contribution in [-0.2, 0) is 0 Å². The second-order valence-electron chi connectivity index (χ2n) is 4.46. The fourth-order valence-electron chi connectivity index (χ4n) is 2.07. The van der Waals surface area contributed by atoms with Gasteiger partial charge < -0.3 is 11.1 Å². The molecule has 1 aliphatic heterocycles. The lowest BCUT2D eigenvalue weighted by Gasteiger charge is -2.12. The number of rotatable bonds is 4. The van der Waals surface area contributed by atoms with E-state index in [0.29, 0.717) is 11.8 Å². The van der Waals surface area contributed by atoms with Crippen LogP contribution in [0, 0.1) is 15.9 Å². The van der Waals surface area contributed by atoms with Gasteiger partial charge in [0, 0.05) is 17.9 Å². The minimum absolute atomic E-state index is 0.307. The summed E-state index contributed by atoms with van der Waals surface area (Å²) >= 11 is 1.75. The minimum atomic E-state index is -0.857. The second-order valence-corrected chi connectivity index (χ2v) is 5.87. The van der Waals surface area contributed by atoms with Gasteiger partial charge in [-0.3, -0.25) is 14.9 Å². The van der Waals surface area contributed by atoms with Crippen LogP contribution >= 0.6 is 11.8 Å². The molecule has 3 N–H and O–H groups in total. The van der Waals surface area contributed by atoms with Gasteiger partial charge in [0.25, 0.3) is 11.6 Å². The largest absolute Gasteiger partial charge is 0.392 e. The number of nitrogens with one attached hydrogen (secondary N) is 1. The minimum Gasteiger partial charge on any atom is -0.392 e. The van der Waals surface area contributed by atoms with E-state index in [2.05, 4.69) is 5.32 Å². The van der Waals surface area contributed by atoms with Gasteiger partial charge in [-0.2, -0.15) is 11.8 Å². The van der Waals surface area contributed by atoms with Crippen LogP contribution in [0.5, 0.6) is 0 Å². The number of nitrogens with two attached hydrogens (primary N) is 1. The van der Waals surface area contributed by atoms with Gasteiger partial charge in [0.1, 0.15) is 17.1 Å². The Bertz CT molecular complexity index is 547. The molecule has 1 aliphatic rings. The van der Waals surface area contributed by atoms with Gasteiger partial charge in [-0.1, -0.05) is 0 Å². The Kier molecular flexibility index (Phi) is 4.43. The van der Waals surface area contributed by atoms with E-state index in [0.717, 1.165) is 30.7 Å². The molecule has 2 rings (SSSR count). The molecule has 108 valence electrons. The van der Waals surface area contributed by atoms with Gasteiger partial charge in [0.15, 0.2) is 0 Å². The molecule has 0 aromatic heterocycles. The standard InChI is InChI=1S/C12H14FN3O3S/c13-8-3-4-9(16(18)19)11(14)10(8)12(17)15-6-7-2-1-5-20-7/h3-4,7H,1-2,5-6,14H2,(H,15,17). The third-order valence-electron chi connectivity index (χ3n) is 3.11. The average Bonchev–Trinajstić information content (AvgIpc) is 2.89. The molecule has 8 heteroatoms. The molecule has 20 heavy (non-hydrogen) atoms. The fraction of sp³-hybridized carbons (Fsp3) is 0.417. The molecule has 0 bridgehead atoms. The highest BCUT2D eigenvalue weighted by Gasteiger charge is 2.24. The van der Waals surface area contributed by atoms with E-state index in [1.54, 1.807) is 11.8 Å². The lowest BCUT2D eigenvalue weighted by Crippen LogP contribution is -2.31. The third-order valence-corrected chi connectivity index (χ3v) is 4.51. The van der Waals surface area contributed by atoms with Crippen molar-refractivity contribution in [1.29, 1.82) is 0 Å². The van der Waals surface area contributed by atoms with Crippen molar-refractivity contribution < 1.29 is 14.1 Å². The van der Waals surface area contributed by atoms with E-state index in [1.165, 1.54) is 0 Å². The van der Waals surface area contributed by atoms with E-state index in [9.17, 15) is 19.3 Å². The Hall–Kier alpha value is -1.83. The molecular formula is C12H14FN3O3S. The summed E-state index contributed by atoms with van der Waals surface area (Å²) in [6.45, 7) is 0.408. The predicted octanol–water partition coefficient (Wildman–Crippen LogP) is 1.94. The van der Waals surface area contributed by atoms with Gasteiger partial charge in [-0.05, 0) is 24.7 Å². The zero-order valence-corrected chi connectivity index (χ0v) is 11.4. The topological polar surface area (TPSA) is 98.3 Å². The summed E-state index contributed by atoms with van der Waals surface area (Å²) in [4.78, 5) is 22.0. The molecule has 1 atom stereocenters. The second kappa shape index (κ2) is 6.08. The first-order valence-corrected chi connectivity index (χ1v) is 7.17. The summed E-state index contributed by atoms with van der Waals surface area (Å²) < 4.78 is 13.7. The number of carbonyl (C=O) groups excluding carboxylic acids is 1. The van der Waals surface area contributed by atoms with Crippen molar-refractivity contribution >= 4 is 29.0 Å². The van der Waals surface area contributed by atoms with Gasteiger partial charge in [-0.15, -0.1) is 0 Å². The number of hydrogen-bond acceptors (Lipinski definition) is 5. The lowest BCUT2D eigenvalue weighted by atomic mass is 10.1. The quantitative estimate of drug-likeness (QED) is 0.503. The molecule has 1 unspecified atom stereocenters. The van der Waals surface area contributed by atoms with E-state index in [1.807, 2.05) is 0 Å². The Balaban J connectivity index is 2.15. The van der Waals surface area contributed by atoms with E-state index in [4.69, 9.17) is 5.73 Å². The van der Waals surface area contributed by atoms with Crippen LogP contribution in [0.4, 0.5) is 15.8 Å². The van der Waals surface area contributed by atoms with E-state index >= 15 is 0 Å². The molecule has 1 aromatic carbocycles. The zero-order chi connectivity index (χ0) is 14.7. The smallest absolute Gasteiger partial charge is 0.293 e. The number of hydrogen-bond donors (Lipinski definition) is 2. The highest BCUT2D eigenvalue weighted by molar-refractivity contribution is 8.00. The van der Waals surface area contributed by atoms with Crippen molar-refractivity contribution in [3.8, 4) is 0 Å². The molecule has 1 amide bonds. The fourth-order valence-corrected chi connectivity index (χ4v) is 3.27. The van der Waals surface area contributed by atoms with Gasteiger partial charge in [0.05, 0.1) is 4.92 Å². The summed E-state index contributed by atoms with van der Waals surface area (Å²) in [5.74, 6) is -0.519. The molecule has 1 fully saturated rings. The lowest BCUT2D eigenvalue weighted by molar-refractivity contribution is -0.384. The number of thioether (sulfide) groups is 1. The molecule has 0 aliphatic carbocycles. The molecule has 1 saturated heterocycles. The molecule has 1 heterocycles. The molecular weight excluding hydrogens is 285 g/mol. The summed E-state index contributed by atoms with van der Waals surface area (Å²) in [5.41, 5.74) is 4.16. The van der Waals surface area contributed by atoms with Crippen LogP contribution in [0.15, 0.2) is 12.1 Å². The van der Waals surface area contributed by atoms with Crippen molar-refractivity contribution in [2.75, 3.05) is 18.0 Å². The zero-order valence-electron chi connectivity index (χ0n) is 10.6. The number of anilines is 1. The number of carbonyl (C=O) groups is 1. The third kappa shape index (κ3) is 3.01. The van der Waals surface area contributed by atoms with Gasteiger partial charge in [-0.25, -0.2) is 4.39 Å². The van der Waals surface area contributed by atoms with E-state index in [-0.39, 0.29) is 0 Å². The Labute approximate surface area is 119 Å². The SMILES string of the molecule is Nc1c([N+](=O)[O-])ccc(F)c1C(=O)NCC1CCCS1. The highest BCUT2D eigenvalue weighted by Crippen LogP contribution is 2.28. The maximum atomic E-state index is 13.7. The van der Waals surface area contributed by atoms with Crippen LogP contribution in [-0.4, -0.2) is 28.4 Å². The number of nitrogen functional groups attached to an aromatic ring is 1. The first kappa shape index (κ1) is 14.6. The number of nitrogens with zero attached hydrogens (tertiary/aromatic N) is 1. The first-order valence-electron chi connectivity index (χ1n) is 6.13. The Morgan fingerprint density at radius 3 is 2.95 bits per heavy atom. The molecule has 0 radical (unpaired) electrons. The monoisotopic (exact) mass is 299 g/mol. The van der Waals surface area contributed by atoms with Crippen molar-refractivity contribution in [2.45, 2.75) is 18.1 Å². The van der Waals surface area contributed by atoms with Crippen LogP contribution in [0.25, 0.3) is 0 Å². The predicted molar refractivity (Wildman–Crippen MR) is 75.3 cm³/mol. The summed E-state index contributed by atoms with van der Waals surface area (Å²) in [5, 5.41) is 13.6. The van der Waals surface area contributed by atoms with E-state index < -0.39 is 33.6 Å². The van der Waals surface area contributed by atoms with Crippen molar-refractivity contribution in [3.05, 3.63) is 33.6 Å². The summed E-state index contributed by atoms with van der Waals surface area (Å²) in [6, 6.07) is 1.84. The number of nitro benzene ring substituents is 1. The van der Waals surface area contributed by atoms with Crippen LogP contribution in [0.1, 0.15) is 23.2 Å². The first-order chi connectivity index (χ1) is 9.50. The molecule has 1 aromatic rings. The average molecular weight is 299 g/mol. The summed E-state index contributed by atoms with van der Waals surface area (Å²) in [6.07, 6.45) is 2.09. The Morgan fingerprint density at radius 1 is 1.60 bits per heavy atom. The Morgan fingerprint density at radius 2 is 2.35 bits per heavy atom.